The van der Waals surface area contributed by atoms with Gasteiger partial charge in [0.15, 0.2) is 0 Å². The first-order chi connectivity index (χ1) is 9.36. The van der Waals surface area contributed by atoms with Crippen molar-refractivity contribution in [3.63, 3.8) is 0 Å². The molecule has 0 bridgehead atoms. The van der Waals surface area contributed by atoms with Crippen LogP contribution in [0.2, 0.25) is 0 Å². The van der Waals surface area contributed by atoms with Crippen LogP contribution in [-0.2, 0) is 9.53 Å². The summed E-state index contributed by atoms with van der Waals surface area (Å²) in [7, 11) is 1.69. The zero-order valence-corrected chi connectivity index (χ0v) is 12.4. The lowest BCUT2D eigenvalue weighted by molar-refractivity contribution is -0.137. The number of hydrogen-bond donors (Lipinski definition) is 2. The number of carbonyl (C=O) groups excluding carboxylic acids is 1. The molecule has 2 fully saturated rings. The molecule has 0 aliphatic heterocycles. The number of amides is 2. The van der Waals surface area contributed by atoms with Crippen LogP contribution in [0.25, 0.3) is 0 Å². The molecule has 6 heteroatoms. The molecule has 0 aromatic rings. The summed E-state index contributed by atoms with van der Waals surface area (Å²) in [6, 6.07) is 0.170. The number of carbonyl (C=O) groups is 2. The molecule has 2 amide bonds. The number of carboxylic acid groups (broad SMARTS) is 1. The van der Waals surface area contributed by atoms with Crippen LogP contribution in [0, 0.1) is 5.41 Å². The molecule has 0 aromatic heterocycles. The van der Waals surface area contributed by atoms with Gasteiger partial charge in [-0.25, -0.2) is 4.79 Å². The molecule has 2 aliphatic carbocycles. The van der Waals surface area contributed by atoms with Crippen LogP contribution in [-0.4, -0.2) is 53.8 Å². The molecule has 6 nitrogen and oxygen atoms in total. The number of methoxy groups -OCH3 is 1. The Balaban J connectivity index is 1.88. The third-order valence-electron chi connectivity index (χ3n) is 4.58. The van der Waals surface area contributed by atoms with Gasteiger partial charge in [0.2, 0.25) is 0 Å². The molecule has 2 N–H and O–H groups in total. The van der Waals surface area contributed by atoms with Gasteiger partial charge in [0.05, 0.1) is 12.5 Å². The molecule has 114 valence electrons. The fraction of sp³-hybridized carbons (Fsp3) is 0.857. The molecule has 20 heavy (non-hydrogen) atoms. The highest BCUT2D eigenvalue weighted by Crippen LogP contribution is 2.42. The molecule has 2 atom stereocenters. The van der Waals surface area contributed by atoms with E-state index < -0.39 is 5.97 Å². The smallest absolute Gasteiger partial charge is 0.317 e. The van der Waals surface area contributed by atoms with E-state index in [9.17, 15) is 9.59 Å². The van der Waals surface area contributed by atoms with E-state index in [-0.39, 0.29) is 42.6 Å². The Labute approximate surface area is 119 Å². The van der Waals surface area contributed by atoms with Crippen LogP contribution in [0.5, 0.6) is 0 Å². The average Bonchev–Trinajstić information content (AvgIpc) is 3.18. The van der Waals surface area contributed by atoms with E-state index in [2.05, 4.69) is 19.2 Å². The van der Waals surface area contributed by atoms with E-state index >= 15 is 0 Å². The highest BCUT2D eigenvalue weighted by atomic mass is 16.5. The SMILES string of the molecule is COC1CC(NC(=O)N(CCC(=O)O)C2CC2)C1(C)C. The predicted molar refractivity (Wildman–Crippen MR) is 73.5 cm³/mol. The van der Waals surface area contributed by atoms with Crippen LogP contribution >= 0.6 is 0 Å². The molecule has 0 saturated heterocycles. The lowest BCUT2D eigenvalue weighted by atomic mass is 9.64. The molecule has 2 saturated carbocycles. The Morgan fingerprint density at radius 2 is 2.05 bits per heavy atom. The van der Waals surface area contributed by atoms with E-state index in [1.807, 2.05) is 0 Å². The van der Waals surface area contributed by atoms with Crippen LogP contribution in [0.4, 0.5) is 4.79 Å². The van der Waals surface area contributed by atoms with Crippen LogP contribution in [0.15, 0.2) is 0 Å². The normalized spacial score (nSPS) is 27.6. The Morgan fingerprint density at radius 1 is 1.40 bits per heavy atom. The third-order valence-corrected chi connectivity index (χ3v) is 4.58. The van der Waals surface area contributed by atoms with E-state index in [1.165, 1.54) is 0 Å². The molecule has 0 radical (unpaired) electrons. The molecule has 0 spiro atoms. The molecule has 2 rings (SSSR count). The van der Waals surface area contributed by atoms with Gasteiger partial charge in [0.25, 0.3) is 0 Å². The second-order valence-electron chi connectivity index (χ2n) is 6.35. The second kappa shape index (κ2) is 5.60. The Morgan fingerprint density at radius 3 is 2.50 bits per heavy atom. The lowest BCUT2D eigenvalue weighted by Crippen LogP contribution is -2.63. The first kappa shape index (κ1) is 15.1. The van der Waals surface area contributed by atoms with E-state index in [0.717, 1.165) is 19.3 Å². The van der Waals surface area contributed by atoms with Crippen molar-refractivity contribution in [3.8, 4) is 0 Å². The zero-order valence-electron chi connectivity index (χ0n) is 12.4. The standard InChI is InChI=1S/C14H24N2O4/c1-14(2)10(8-11(14)20-3)15-13(19)16(9-4-5-9)7-6-12(17)18/h9-11H,4-8H2,1-3H3,(H,15,19)(H,17,18). The van der Waals surface area contributed by atoms with Gasteiger partial charge in [0, 0.05) is 31.2 Å². The van der Waals surface area contributed by atoms with E-state index in [0.29, 0.717) is 0 Å². The molecular formula is C14H24N2O4. The fourth-order valence-electron chi connectivity index (χ4n) is 2.81. The minimum Gasteiger partial charge on any atom is -0.481 e. The summed E-state index contributed by atoms with van der Waals surface area (Å²) in [5.41, 5.74) is -0.0770. The number of nitrogens with zero attached hydrogens (tertiary/aromatic N) is 1. The maximum absolute atomic E-state index is 12.3. The Kier molecular flexibility index (Phi) is 4.22. The molecule has 0 heterocycles. The van der Waals surface area contributed by atoms with Gasteiger partial charge in [-0.05, 0) is 19.3 Å². The average molecular weight is 284 g/mol. The first-order valence-corrected chi connectivity index (χ1v) is 7.18. The maximum atomic E-state index is 12.3. The van der Waals surface area contributed by atoms with Crippen molar-refractivity contribution < 1.29 is 19.4 Å². The lowest BCUT2D eigenvalue weighted by Gasteiger charge is -2.51. The van der Waals surface area contributed by atoms with Crippen molar-refractivity contribution in [3.05, 3.63) is 0 Å². The number of carboxylic acids is 1. The summed E-state index contributed by atoms with van der Waals surface area (Å²) < 4.78 is 5.37. The van der Waals surface area contributed by atoms with Crippen molar-refractivity contribution >= 4 is 12.0 Å². The minimum absolute atomic E-state index is 0.00131. The summed E-state index contributed by atoms with van der Waals surface area (Å²) in [6.45, 7) is 4.44. The summed E-state index contributed by atoms with van der Waals surface area (Å²) in [5.74, 6) is -0.869. The third kappa shape index (κ3) is 3.06. The number of nitrogens with one attached hydrogen (secondary N) is 1. The highest BCUT2D eigenvalue weighted by molar-refractivity contribution is 5.76. The first-order valence-electron chi connectivity index (χ1n) is 7.18. The van der Waals surface area contributed by atoms with Gasteiger partial charge in [-0.2, -0.15) is 0 Å². The topological polar surface area (TPSA) is 78.9 Å². The van der Waals surface area contributed by atoms with E-state index in [1.54, 1.807) is 12.0 Å². The van der Waals surface area contributed by atoms with E-state index in [4.69, 9.17) is 9.84 Å². The maximum Gasteiger partial charge on any atom is 0.317 e. The van der Waals surface area contributed by atoms with Gasteiger partial charge < -0.3 is 20.1 Å². The largest absolute Gasteiger partial charge is 0.481 e. The van der Waals surface area contributed by atoms with Crippen LogP contribution < -0.4 is 5.32 Å². The number of aliphatic carboxylic acids is 1. The molecule has 2 unspecified atom stereocenters. The van der Waals surface area contributed by atoms with Crippen molar-refractivity contribution in [1.82, 2.24) is 10.2 Å². The second-order valence-corrected chi connectivity index (χ2v) is 6.35. The Hall–Kier alpha value is -1.30. The number of ether oxygens (including phenoxy) is 1. The van der Waals surface area contributed by atoms with Crippen molar-refractivity contribution in [2.75, 3.05) is 13.7 Å². The summed E-state index contributed by atoms with van der Waals surface area (Å²) in [4.78, 5) is 24.6. The fourth-order valence-corrected chi connectivity index (χ4v) is 2.81. The van der Waals surface area contributed by atoms with Gasteiger partial charge in [-0.15, -0.1) is 0 Å². The monoisotopic (exact) mass is 284 g/mol. The summed E-state index contributed by atoms with van der Waals surface area (Å²) in [5, 5.41) is 11.8. The van der Waals surface area contributed by atoms with Gasteiger partial charge in [0.1, 0.15) is 0 Å². The minimum atomic E-state index is -0.869. The Bertz CT molecular complexity index is 393. The molecular weight excluding hydrogens is 260 g/mol. The predicted octanol–water partition coefficient (Wildman–Crippen LogP) is 1.45. The number of hydrogen-bond acceptors (Lipinski definition) is 3. The number of urea groups is 1. The molecule has 2 aliphatic rings. The quantitative estimate of drug-likeness (QED) is 0.773. The number of rotatable bonds is 6. The van der Waals surface area contributed by atoms with Gasteiger partial charge in [-0.3, -0.25) is 4.79 Å². The van der Waals surface area contributed by atoms with Gasteiger partial charge in [-0.1, -0.05) is 13.8 Å². The summed E-state index contributed by atoms with van der Waals surface area (Å²) >= 11 is 0. The zero-order chi connectivity index (χ0) is 14.9. The highest BCUT2D eigenvalue weighted by Gasteiger charge is 2.50. The van der Waals surface area contributed by atoms with Crippen molar-refractivity contribution in [2.45, 2.75) is 57.7 Å². The van der Waals surface area contributed by atoms with Crippen molar-refractivity contribution in [1.29, 1.82) is 0 Å². The summed E-state index contributed by atoms with van der Waals surface area (Å²) in [6.07, 6.45) is 2.93. The van der Waals surface area contributed by atoms with Gasteiger partial charge >= 0.3 is 12.0 Å². The van der Waals surface area contributed by atoms with Crippen LogP contribution in [0.3, 0.4) is 0 Å². The van der Waals surface area contributed by atoms with Crippen molar-refractivity contribution in [2.24, 2.45) is 5.41 Å². The van der Waals surface area contributed by atoms with Crippen LogP contribution in [0.1, 0.15) is 39.5 Å². The molecule has 0 aromatic carbocycles.